The van der Waals surface area contributed by atoms with Gasteiger partial charge in [0.2, 0.25) is 5.91 Å². The number of hydrogen-bond donors (Lipinski definition) is 1. The van der Waals surface area contributed by atoms with Gasteiger partial charge < -0.3 is 9.88 Å². The van der Waals surface area contributed by atoms with Crippen LogP contribution in [0, 0.1) is 6.92 Å². The molecule has 2 rings (SSSR count). The number of benzene rings is 1. The van der Waals surface area contributed by atoms with Crippen LogP contribution in [0.1, 0.15) is 37.4 Å². The van der Waals surface area contributed by atoms with Crippen LogP contribution in [0.15, 0.2) is 34.4 Å². The second kappa shape index (κ2) is 6.72. The van der Waals surface area contributed by atoms with Crippen LogP contribution < -0.4 is 10.2 Å². The summed E-state index contributed by atoms with van der Waals surface area (Å²) in [5, 5.41) is 4.76. The Labute approximate surface area is 128 Å². The van der Waals surface area contributed by atoms with Gasteiger partial charge in [0.05, 0.1) is 0 Å². The van der Waals surface area contributed by atoms with Crippen molar-refractivity contribution < 1.29 is 4.79 Å². The van der Waals surface area contributed by atoms with Crippen LogP contribution in [-0.2, 0) is 11.3 Å². The van der Waals surface area contributed by atoms with Crippen LogP contribution in [0.25, 0.3) is 0 Å². The van der Waals surface area contributed by atoms with E-state index in [0.717, 1.165) is 16.9 Å². The Balaban J connectivity index is 2.01. The third-order valence-corrected chi connectivity index (χ3v) is 4.28. The topological polar surface area (TPSA) is 51.1 Å². The molecule has 1 N–H and O–H groups in total. The molecule has 0 atom stereocenters. The molecule has 0 unspecified atom stereocenters. The lowest BCUT2D eigenvalue weighted by Gasteiger charge is -2.13. The normalized spacial score (nSPS) is 10.9. The van der Waals surface area contributed by atoms with Gasteiger partial charge in [-0.2, -0.15) is 0 Å². The van der Waals surface area contributed by atoms with E-state index in [2.05, 4.69) is 19.2 Å². The summed E-state index contributed by atoms with van der Waals surface area (Å²) in [6.07, 6.45) is 0.296. The van der Waals surface area contributed by atoms with Crippen molar-refractivity contribution in [2.75, 3.05) is 5.32 Å². The molecular formula is C16H20N2O2S. The standard InChI is InChI=1S/C16H20N2O2S/c1-11(2)13-6-4-5-7-14(13)17-15(19)8-9-18-12(3)10-21-16(18)20/h4-7,10-11H,8-9H2,1-3H3,(H,17,19). The fraction of sp³-hybridized carbons (Fsp3) is 0.375. The molecule has 0 spiro atoms. The Bertz CT molecular complexity index is 686. The molecule has 21 heavy (non-hydrogen) atoms. The Morgan fingerprint density at radius 2 is 2.05 bits per heavy atom. The van der Waals surface area contributed by atoms with Gasteiger partial charge in [0, 0.05) is 29.7 Å². The first kappa shape index (κ1) is 15.5. The van der Waals surface area contributed by atoms with Crippen LogP contribution in [0.3, 0.4) is 0 Å². The van der Waals surface area contributed by atoms with Crippen molar-refractivity contribution in [1.82, 2.24) is 4.57 Å². The lowest BCUT2D eigenvalue weighted by molar-refractivity contribution is -0.116. The van der Waals surface area contributed by atoms with Gasteiger partial charge in [-0.1, -0.05) is 43.4 Å². The highest BCUT2D eigenvalue weighted by molar-refractivity contribution is 7.07. The van der Waals surface area contributed by atoms with Crippen LogP contribution in [0.5, 0.6) is 0 Å². The van der Waals surface area contributed by atoms with E-state index in [1.807, 2.05) is 36.6 Å². The molecule has 0 aliphatic heterocycles. The number of hydrogen-bond acceptors (Lipinski definition) is 3. The first-order chi connectivity index (χ1) is 9.99. The van der Waals surface area contributed by atoms with Crippen LogP contribution >= 0.6 is 11.3 Å². The molecule has 1 aromatic carbocycles. The molecule has 0 saturated carbocycles. The average Bonchev–Trinajstić information content (AvgIpc) is 2.76. The summed E-state index contributed by atoms with van der Waals surface area (Å²) >= 11 is 1.17. The van der Waals surface area contributed by atoms with Gasteiger partial charge in [-0.25, -0.2) is 0 Å². The number of aromatic nitrogens is 1. The lowest BCUT2D eigenvalue weighted by Crippen LogP contribution is -2.20. The van der Waals surface area contributed by atoms with Crippen molar-refractivity contribution in [3.05, 3.63) is 50.6 Å². The summed E-state index contributed by atoms with van der Waals surface area (Å²) in [6.45, 7) is 6.49. The second-order valence-corrected chi connectivity index (χ2v) is 6.16. The number of thiazole rings is 1. The van der Waals surface area contributed by atoms with Gasteiger partial charge in [-0.3, -0.25) is 9.59 Å². The predicted molar refractivity (Wildman–Crippen MR) is 87.1 cm³/mol. The molecule has 2 aromatic rings. The highest BCUT2D eigenvalue weighted by Crippen LogP contribution is 2.23. The second-order valence-electron chi connectivity index (χ2n) is 5.33. The summed E-state index contributed by atoms with van der Waals surface area (Å²) < 4.78 is 1.64. The summed E-state index contributed by atoms with van der Waals surface area (Å²) in [7, 11) is 0. The smallest absolute Gasteiger partial charge is 0.307 e. The number of nitrogens with zero attached hydrogens (tertiary/aromatic N) is 1. The van der Waals surface area contributed by atoms with Crippen molar-refractivity contribution in [2.24, 2.45) is 0 Å². The predicted octanol–water partition coefficient (Wildman–Crippen LogP) is 3.37. The number of aryl methyl sites for hydroxylation is 1. The van der Waals surface area contributed by atoms with E-state index in [1.165, 1.54) is 11.3 Å². The molecule has 1 amide bonds. The Morgan fingerprint density at radius 1 is 1.33 bits per heavy atom. The van der Waals surface area contributed by atoms with Gasteiger partial charge in [0.1, 0.15) is 0 Å². The zero-order chi connectivity index (χ0) is 15.4. The van der Waals surface area contributed by atoms with Crippen molar-refractivity contribution in [3.8, 4) is 0 Å². The summed E-state index contributed by atoms with van der Waals surface area (Å²) in [6, 6.07) is 7.82. The summed E-state index contributed by atoms with van der Waals surface area (Å²) in [5.41, 5.74) is 2.88. The Kier molecular flexibility index (Phi) is 4.96. The Hall–Kier alpha value is -1.88. The zero-order valence-electron chi connectivity index (χ0n) is 12.6. The molecule has 5 heteroatoms. The van der Waals surface area contributed by atoms with Crippen molar-refractivity contribution in [2.45, 2.75) is 39.7 Å². The van der Waals surface area contributed by atoms with E-state index >= 15 is 0 Å². The van der Waals surface area contributed by atoms with Crippen molar-refractivity contribution in [3.63, 3.8) is 0 Å². The minimum absolute atomic E-state index is 0.0112. The number of amides is 1. The third kappa shape index (κ3) is 3.82. The Morgan fingerprint density at radius 3 is 2.67 bits per heavy atom. The van der Waals surface area contributed by atoms with Crippen LogP contribution in [-0.4, -0.2) is 10.5 Å². The minimum Gasteiger partial charge on any atom is -0.326 e. The van der Waals surface area contributed by atoms with Gasteiger partial charge in [-0.05, 0) is 24.5 Å². The number of para-hydroxylation sites is 1. The molecule has 112 valence electrons. The molecule has 0 aliphatic carbocycles. The monoisotopic (exact) mass is 304 g/mol. The highest BCUT2D eigenvalue weighted by atomic mass is 32.1. The fourth-order valence-corrected chi connectivity index (χ4v) is 2.98. The van der Waals surface area contributed by atoms with Gasteiger partial charge >= 0.3 is 4.87 Å². The van der Waals surface area contributed by atoms with E-state index in [4.69, 9.17) is 0 Å². The lowest BCUT2D eigenvalue weighted by atomic mass is 10.0. The highest BCUT2D eigenvalue weighted by Gasteiger charge is 2.10. The van der Waals surface area contributed by atoms with Gasteiger partial charge in [0.15, 0.2) is 0 Å². The average molecular weight is 304 g/mol. The first-order valence-corrected chi connectivity index (χ1v) is 7.90. The van der Waals surface area contributed by atoms with E-state index in [-0.39, 0.29) is 10.8 Å². The van der Waals surface area contributed by atoms with E-state index in [9.17, 15) is 9.59 Å². The molecule has 0 fully saturated rings. The maximum Gasteiger partial charge on any atom is 0.307 e. The van der Waals surface area contributed by atoms with Crippen LogP contribution in [0.4, 0.5) is 5.69 Å². The molecule has 4 nitrogen and oxygen atoms in total. The number of carbonyl (C=O) groups excluding carboxylic acids is 1. The molecule has 0 radical (unpaired) electrons. The van der Waals surface area contributed by atoms with Gasteiger partial charge in [0.25, 0.3) is 0 Å². The summed E-state index contributed by atoms with van der Waals surface area (Å²) in [4.78, 5) is 23.7. The van der Waals surface area contributed by atoms with Crippen LogP contribution in [0.2, 0.25) is 0 Å². The zero-order valence-corrected chi connectivity index (χ0v) is 13.4. The third-order valence-electron chi connectivity index (χ3n) is 3.40. The van der Waals surface area contributed by atoms with E-state index < -0.39 is 0 Å². The summed E-state index contributed by atoms with van der Waals surface area (Å²) in [5.74, 6) is 0.281. The molecule has 1 aromatic heterocycles. The SMILES string of the molecule is Cc1csc(=O)n1CCC(=O)Nc1ccccc1C(C)C. The largest absolute Gasteiger partial charge is 0.326 e. The van der Waals surface area contributed by atoms with Crippen molar-refractivity contribution in [1.29, 1.82) is 0 Å². The fourth-order valence-electron chi connectivity index (χ4n) is 2.21. The van der Waals surface area contributed by atoms with Crippen molar-refractivity contribution >= 4 is 22.9 Å². The van der Waals surface area contributed by atoms with Gasteiger partial charge in [-0.15, -0.1) is 0 Å². The molecular weight excluding hydrogens is 284 g/mol. The molecule has 0 saturated heterocycles. The molecule has 0 bridgehead atoms. The minimum atomic E-state index is -0.0689. The molecule has 1 heterocycles. The maximum absolute atomic E-state index is 12.1. The number of carbonyl (C=O) groups is 1. The number of anilines is 1. The first-order valence-electron chi connectivity index (χ1n) is 7.02. The number of rotatable bonds is 5. The molecule has 0 aliphatic rings. The quantitative estimate of drug-likeness (QED) is 0.920. The maximum atomic E-state index is 12.1. The van der Waals surface area contributed by atoms with E-state index in [0.29, 0.717) is 18.9 Å². The number of nitrogens with one attached hydrogen (secondary N) is 1. The van der Waals surface area contributed by atoms with E-state index in [1.54, 1.807) is 4.57 Å².